The summed E-state index contributed by atoms with van der Waals surface area (Å²) in [5, 5.41) is 33.8. The van der Waals surface area contributed by atoms with Crippen molar-refractivity contribution in [3.63, 3.8) is 0 Å². The van der Waals surface area contributed by atoms with Crippen molar-refractivity contribution >= 4 is 17.6 Å². The van der Waals surface area contributed by atoms with Crippen LogP contribution < -0.4 is 15.2 Å². The molecule has 0 aromatic heterocycles. The Labute approximate surface area is 177 Å². The molecule has 7 nitrogen and oxygen atoms in total. The number of benzene rings is 3. The quantitative estimate of drug-likeness (QED) is 0.540. The average Bonchev–Trinajstić information content (AvgIpc) is 2.72. The van der Waals surface area contributed by atoms with Crippen LogP contribution in [0.4, 0.5) is 10.1 Å². The highest BCUT2D eigenvalue weighted by Crippen LogP contribution is 2.35. The Morgan fingerprint density at radius 3 is 2.23 bits per heavy atom. The van der Waals surface area contributed by atoms with E-state index >= 15 is 0 Å². The summed E-state index contributed by atoms with van der Waals surface area (Å²) in [5.74, 6) is -2.86. The number of hydrogen-bond donors (Lipinski definition) is 3. The first-order valence-corrected chi connectivity index (χ1v) is 9.23. The molecule has 1 amide bonds. The third kappa shape index (κ3) is 4.99. The van der Waals surface area contributed by atoms with Gasteiger partial charge in [0.05, 0.1) is 0 Å². The van der Waals surface area contributed by atoms with E-state index in [9.17, 15) is 24.2 Å². The van der Waals surface area contributed by atoms with Crippen molar-refractivity contribution in [3.05, 3.63) is 82.7 Å². The van der Waals surface area contributed by atoms with Crippen molar-refractivity contribution in [1.82, 2.24) is 0 Å². The van der Waals surface area contributed by atoms with E-state index in [1.54, 1.807) is 26.0 Å². The molecule has 0 aliphatic carbocycles. The van der Waals surface area contributed by atoms with Gasteiger partial charge in [-0.25, -0.2) is 9.18 Å². The molecule has 3 N–H and O–H groups in total. The van der Waals surface area contributed by atoms with E-state index in [1.807, 2.05) is 0 Å². The molecule has 31 heavy (non-hydrogen) atoms. The van der Waals surface area contributed by atoms with Gasteiger partial charge in [-0.15, -0.1) is 5.75 Å². The zero-order chi connectivity index (χ0) is 22.7. The molecule has 0 saturated carbocycles. The predicted molar refractivity (Wildman–Crippen MR) is 109 cm³/mol. The molecule has 0 fully saturated rings. The number of ether oxygens (including phenoxy) is 1. The number of aryl methyl sites for hydroxylation is 2. The number of aliphatic hydroxyl groups is 1. The molecule has 0 saturated heterocycles. The lowest BCUT2D eigenvalue weighted by Crippen LogP contribution is -2.21. The third-order valence-corrected chi connectivity index (χ3v) is 4.59. The first-order chi connectivity index (χ1) is 14.7. The number of rotatable bonds is 5. The van der Waals surface area contributed by atoms with Crippen molar-refractivity contribution in [1.29, 1.82) is 0 Å². The number of nitrogens with one attached hydrogen (secondary N) is 1. The van der Waals surface area contributed by atoms with Gasteiger partial charge < -0.3 is 25.4 Å². The molecule has 0 spiro atoms. The van der Waals surface area contributed by atoms with E-state index in [2.05, 4.69) is 5.32 Å². The lowest BCUT2D eigenvalue weighted by Gasteiger charge is -2.21. The van der Waals surface area contributed by atoms with E-state index < -0.39 is 29.5 Å². The molecule has 0 radical (unpaired) electrons. The second-order valence-corrected chi connectivity index (χ2v) is 6.95. The second kappa shape index (κ2) is 8.85. The fourth-order valence-corrected chi connectivity index (χ4v) is 3.11. The summed E-state index contributed by atoms with van der Waals surface area (Å²) in [4.78, 5) is 22.1. The van der Waals surface area contributed by atoms with Crippen molar-refractivity contribution in [2.75, 3.05) is 5.32 Å². The molecule has 3 aromatic carbocycles. The smallest absolute Gasteiger partial charge is 0.394 e. The summed E-state index contributed by atoms with van der Waals surface area (Å²) in [7, 11) is 0. The van der Waals surface area contributed by atoms with Gasteiger partial charge >= 0.3 is 11.9 Å². The van der Waals surface area contributed by atoms with Gasteiger partial charge in [0, 0.05) is 5.69 Å². The zero-order valence-electron chi connectivity index (χ0n) is 16.7. The minimum atomic E-state index is -1.60. The van der Waals surface area contributed by atoms with Crippen LogP contribution in [0.2, 0.25) is 0 Å². The second-order valence-electron chi connectivity index (χ2n) is 6.95. The molecular formula is C23H19FNO6-. The first kappa shape index (κ1) is 21.8. The van der Waals surface area contributed by atoms with Gasteiger partial charge in [0.15, 0.2) is 0 Å². The van der Waals surface area contributed by atoms with Crippen molar-refractivity contribution in [3.8, 4) is 17.2 Å². The highest BCUT2D eigenvalue weighted by atomic mass is 19.1. The first-order valence-electron chi connectivity index (χ1n) is 9.23. The maximum atomic E-state index is 13.1. The van der Waals surface area contributed by atoms with Gasteiger partial charge in [0.25, 0.3) is 0 Å². The summed E-state index contributed by atoms with van der Waals surface area (Å²) in [5.41, 5.74) is 1.98. The van der Waals surface area contributed by atoms with Crippen molar-refractivity contribution < 1.29 is 34.0 Å². The minimum Gasteiger partial charge on any atom is -0.872 e. The van der Waals surface area contributed by atoms with Crippen LogP contribution in [0.25, 0.3) is 0 Å². The summed E-state index contributed by atoms with van der Waals surface area (Å²) in [6.07, 6.45) is -1.26. The highest BCUT2D eigenvalue weighted by Gasteiger charge is 2.16. The van der Waals surface area contributed by atoms with Gasteiger partial charge in [-0.1, -0.05) is 18.2 Å². The minimum absolute atomic E-state index is 0.0738. The van der Waals surface area contributed by atoms with Gasteiger partial charge in [0.2, 0.25) is 0 Å². The number of hydrogen-bond acceptors (Lipinski definition) is 5. The van der Waals surface area contributed by atoms with E-state index in [4.69, 9.17) is 9.84 Å². The summed E-state index contributed by atoms with van der Waals surface area (Å²) in [6, 6.07) is 12.4. The Morgan fingerprint density at radius 2 is 1.65 bits per heavy atom. The van der Waals surface area contributed by atoms with Gasteiger partial charge in [0.1, 0.15) is 23.4 Å². The van der Waals surface area contributed by atoms with Crippen LogP contribution in [0.15, 0.2) is 54.6 Å². The number of halogens is 1. The number of carboxylic acid groups (broad SMARTS) is 1. The molecule has 0 heterocycles. The Balaban J connectivity index is 1.88. The summed E-state index contributed by atoms with van der Waals surface area (Å²) < 4.78 is 19.0. The molecular weight excluding hydrogens is 405 g/mol. The Morgan fingerprint density at radius 1 is 1.03 bits per heavy atom. The van der Waals surface area contributed by atoms with Crippen molar-refractivity contribution in [2.45, 2.75) is 20.0 Å². The maximum Gasteiger partial charge on any atom is 0.394 e. The van der Waals surface area contributed by atoms with Crippen LogP contribution in [0, 0.1) is 19.7 Å². The number of amides is 1. The molecule has 1 atom stereocenters. The molecule has 0 aliphatic rings. The molecule has 0 aliphatic heterocycles. The lowest BCUT2D eigenvalue weighted by atomic mass is 10.0. The molecule has 160 valence electrons. The molecule has 3 aromatic rings. The highest BCUT2D eigenvalue weighted by molar-refractivity contribution is 6.36. The lowest BCUT2D eigenvalue weighted by molar-refractivity contribution is -0.270. The van der Waals surface area contributed by atoms with E-state index in [0.717, 1.165) is 0 Å². The van der Waals surface area contributed by atoms with Crippen LogP contribution in [0.5, 0.6) is 17.2 Å². The van der Waals surface area contributed by atoms with E-state index in [0.29, 0.717) is 33.9 Å². The Bertz CT molecular complexity index is 1120. The fraction of sp³-hybridized carbons (Fsp3) is 0.130. The molecule has 0 bridgehead atoms. The van der Waals surface area contributed by atoms with Gasteiger partial charge in [-0.3, -0.25) is 4.79 Å². The number of aliphatic carboxylic acids is 1. The van der Waals surface area contributed by atoms with Crippen LogP contribution >= 0.6 is 0 Å². The molecule has 1 unspecified atom stereocenters. The number of carbonyl (C=O) groups is 2. The van der Waals surface area contributed by atoms with Gasteiger partial charge in [-0.05, 0) is 72.5 Å². The maximum absolute atomic E-state index is 13.1. The summed E-state index contributed by atoms with van der Waals surface area (Å²) in [6.45, 7) is 3.43. The summed E-state index contributed by atoms with van der Waals surface area (Å²) >= 11 is 0. The normalized spacial score (nSPS) is 11.6. The zero-order valence-corrected chi connectivity index (χ0v) is 16.7. The molecule has 3 rings (SSSR count). The predicted octanol–water partition coefficient (Wildman–Crippen LogP) is 3.41. The Hall–Kier alpha value is -3.91. The SMILES string of the molecule is Cc1cc(NC(=O)C(=O)O)cc(C)c1Oc1ccc([O-])c(C(O)c2ccc(F)cc2)c1. The Kier molecular flexibility index (Phi) is 6.22. The van der Waals surface area contributed by atoms with Crippen LogP contribution in [-0.2, 0) is 9.59 Å². The van der Waals surface area contributed by atoms with Crippen LogP contribution in [-0.4, -0.2) is 22.1 Å². The van der Waals surface area contributed by atoms with Crippen molar-refractivity contribution in [2.24, 2.45) is 0 Å². The average molecular weight is 424 g/mol. The third-order valence-electron chi connectivity index (χ3n) is 4.59. The topological polar surface area (TPSA) is 119 Å². The number of anilines is 1. The number of aliphatic hydroxyl groups excluding tert-OH is 1. The largest absolute Gasteiger partial charge is 0.872 e. The van der Waals surface area contributed by atoms with Crippen LogP contribution in [0.1, 0.15) is 28.4 Å². The monoisotopic (exact) mass is 424 g/mol. The fourth-order valence-electron chi connectivity index (χ4n) is 3.11. The molecule has 8 heteroatoms. The van der Waals surface area contributed by atoms with Crippen LogP contribution in [0.3, 0.4) is 0 Å². The number of carbonyl (C=O) groups excluding carboxylic acids is 1. The van der Waals surface area contributed by atoms with E-state index in [-0.39, 0.29) is 5.56 Å². The standard InChI is InChI=1S/C23H20FNO6/c1-12-9-16(25-22(28)23(29)30)10-13(2)21(12)31-17-7-8-19(26)18(11-17)20(27)14-3-5-15(24)6-4-14/h3-11,20,26-27H,1-2H3,(H,25,28)(H,29,30)/p-1. The van der Waals surface area contributed by atoms with Gasteiger partial charge in [-0.2, -0.15) is 0 Å². The van der Waals surface area contributed by atoms with E-state index in [1.165, 1.54) is 42.5 Å². The number of carboxylic acids is 1.